The molecule has 0 radical (unpaired) electrons. The first-order chi connectivity index (χ1) is 28.2. The van der Waals surface area contributed by atoms with Gasteiger partial charge >= 0.3 is 0 Å². The van der Waals surface area contributed by atoms with Crippen LogP contribution < -0.4 is 20.1 Å². The minimum absolute atomic E-state index is 0.0658. The van der Waals surface area contributed by atoms with Crippen molar-refractivity contribution in [1.29, 1.82) is 0 Å². The molecule has 0 saturated carbocycles. The maximum Gasteiger partial charge on any atom is 0.235 e. The number of hydrogen-bond donors (Lipinski definition) is 3. The summed E-state index contributed by atoms with van der Waals surface area (Å²) in [6.45, 7) is 13.5. The largest absolute Gasteiger partial charge is 0.496 e. The lowest BCUT2D eigenvalue weighted by Gasteiger charge is -2.27. The average Bonchev–Trinajstić information content (AvgIpc) is 3.81. The summed E-state index contributed by atoms with van der Waals surface area (Å²) >= 11 is 0. The summed E-state index contributed by atoms with van der Waals surface area (Å²) in [5, 5.41) is 16.9. The third kappa shape index (κ3) is 9.07. The Labute approximate surface area is 339 Å². The van der Waals surface area contributed by atoms with Gasteiger partial charge < -0.3 is 30.0 Å². The number of aryl methyl sites for hydroxylation is 1. The molecular weight excluding hydrogens is 731 g/mol. The maximum absolute atomic E-state index is 9.67. The van der Waals surface area contributed by atoms with Gasteiger partial charge in [-0.3, -0.25) is 18.7 Å². The fourth-order valence-electron chi connectivity index (χ4n) is 6.88. The highest BCUT2D eigenvalue weighted by Gasteiger charge is 2.23. The van der Waals surface area contributed by atoms with Gasteiger partial charge in [0.2, 0.25) is 5.78 Å². The molecule has 0 atom stereocenters. The van der Waals surface area contributed by atoms with Crippen molar-refractivity contribution < 1.29 is 19.3 Å². The predicted octanol–water partition coefficient (Wildman–Crippen LogP) is 7.66. The molecule has 0 bridgehead atoms. The molecule has 1 saturated heterocycles. The highest BCUT2D eigenvalue weighted by Crippen LogP contribution is 2.35. The van der Waals surface area contributed by atoms with Crippen molar-refractivity contribution in [2.75, 3.05) is 51.2 Å². The number of aliphatic hydroxyl groups is 1. The number of fused-ring (bicyclic) bond motifs is 2. The number of hydrogen-bond acceptors (Lipinski definition) is 11. The van der Waals surface area contributed by atoms with Gasteiger partial charge in [-0.05, 0) is 75.2 Å². The molecule has 13 heteroatoms. The van der Waals surface area contributed by atoms with Crippen molar-refractivity contribution >= 4 is 23.1 Å². The molecule has 8 rings (SSSR count). The van der Waals surface area contributed by atoms with E-state index in [4.69, 9.17) is 24.2 Å². The zero-order chi connectivity index (χ0) is 40.6. The van der Waals surface area contributed by atoms with Crippen LogP contribution in [0.5, 0.6) is 11.5 Å². The molecule has 0 spiro atoms. The molecule has 3 N–H and O–H groups in total. The monoisotopic (exact) mass is 783 g/mol. The lowest BCUT2D eigenvalue weighted by molar-refractivity contribution is 0.0339. The number of morpholine rings is 1. The first-order valence-corrected chi connectivity index (χ1v) is 19.7. The lowest BCUT2D eigenvalue weighted by Crippen LogP contribution is -2.35. The number of aromatic nitrogens is 6. The summed E-state index contributed by atoms with van der Waals surface area (Å²) in [6.07, 6.45) is 10.1. The number of rotatable bonds is 13. The van der Waals surface area contributed by atoms with Crippen molar-refractivity contribution in [3.05, 3.63) is 120 Å². The molecule has 13 nitrogen and oxygen atoms in total. The Balaban J connectivity index is 0.000000177. The topological polar surface area (TPSA) is 136 Å². The third-order valence-electron chi connectivity index (χ3n) is 10.5. The molecule has 5 heterocycles. The van der Waals surface area contributed by atoms with E-state index >= 15 is 0 Å². The fraction of sp³-hybridized carbons (Fsp3) is 0.333. The number of ether oxygens (including phenoxy) is 3. The van der Waals surface area contributed by atoms with E-state index in [1.807, 2.05) is 51.5 Å². The normalized spacial score (nSPS) is 13.3. The Morgan fingerprint density at radius 2 is 1.52 bits per heavy atom. The van der Waals surface area contributed by atoms with Crippen molar-refractivity contribution in [3.63, 3.8) is 0 Å². The Bertz CT molecular complexity index is 2450. The molecule has 0 amide bonds. The SMILES string of the molecule is CCC(C)(C)Nc1c(-c2ccc(OC)c(CN3CCOCC3)c2)nc2ncccn12.COc1ccc(-c2nc3cnccn3c2NCc2ccc(C)cc2)cc1CO. The number of nitrogens with one attached hydrogen (secondary N) is 2. The summed E-state index contributed by atoms with van der Waals surface area (Å²) < 4.78 is 20.5. The van der Waals surface area contributed by atoms with Gasteiger partial charge in [-0.1, -0.05) is 36.8 Å². The number of nitrogens with zero attached hydrogens (tertiary/aromatic N) is 7. The van der Waals surface area contributed by atoms with Crippen LogP contribution in [0.4, 0.5) is 11.6 Å². The van der Waals surface area contributed by atoms with E-state index in [1.54, 1.807) is 32.8 Å². The standard InChI is InChI=1S/C23H31N5O2.C22H22N4O2/c1-5-23(2,3)26-21-20(25-22-24-9-6-10-28(21)22)17-7-8-19(29-4)18(15-17)16-27-11-13-30-14-12-27;1-15-3-5-16(6-4-15)12-24-22-21(25-20-13-23-9-10-26(20)22)17-7-8-19(28-2)18(11-17)14-27/h6-10,15,26H,5,11-14,16H2,1-4H3;3-11,13,24,27H,12,14H2,1-2H3. The van der Waals surface area contributed by atoms with Gasteiger partial charge in [-0.2, -0.15) is 0 Å². The van der Waals surface area contributed by atoms with E-state index in [1.165, 1.54) is 11.1 Å². The van der Waals surface area contributed by atoms with E-state index in [2.05, 4.69) is 89.6 Å². The van der Waals surface area contributed by atoms with Crippen molar-refractivity contribution in [2.24, 2.45) is 0 Å². The summed E-state index contributed by atoms with van der Waals surface area (Å²) in [5.41, 5.74) is 8.65. The van der Waals surface area contributed by atoms with E-state index in [-0.39, 0.29) is 12.1 Å². The van der Waals surface area contributed by atoms with Crippen LogP contribution in [0.1, 0.15) is 49.4 Å². The highest BCUT2D eigenvalue weighted by atomic mass is 16.5. The zero-order valence-electron chi connectivity index (χ0n) is 34.2. The van der Waals surface area contributed by atoms with Crippen molar-refractivity contribution in [3.8, 4) is 34.0 Å². The fourth-order valence-corrected chi connectivity index (χ4v) is 6.88. The van der Waals surface area contributed by atoms with Gasteiger partial charge in [0.1, 0.15) is 34.5 Å². The van der Waals surface area contributed by atoms with Crippen LogP contribution in [-0.4, -0.2) is 84.8 Å². The van der Waals surface area contributed by atoms with Crippen LogP contribution >= 0.6 is 0 Å². The molecule has 58 heavy (non-hydrogen) atoms. The number of benzene rings is 3. The molecule has 302 valence electrons. The number of methoxy groups -OCH3 is 2. The van der Waals surface area contributed by atoms with Gasteiger partial charge in [0.05, 0.1) is 40.2 Å². The van der Waals surface area contributed by atoms with Crippen molar-refractivity contribution in [2.45, 2.75) is 59.4 Å². The summed E-state index contributed by atoms with van der Waals surface area (Å²) in [7, 11) is 3.32. The Morgan fingerprint density at radius 3 is 2.21 bits per heavy atom. The van der Waals surface area contributed by atoms with Gasteiger partial charge in [-0.25, -0.2) is 15.0 Å². The van der Waals surface area contributed by atoms with E-state index < -0.39 is 0 Å². The Hall–Kier alpha value is -6.02. The molecule has 1 fully saturated rings. The summed E-state index contributed by atoms with van der Waals surface area (Å²) in [5.74, 6) is 4.09. The second-order valence-corrected chi connectivity index (χ2v) is 15.0. The molecule has 3 aromatic carbocycles. The zero-order valence-corrected chi connectivity index (χ0v) is 34.2. The summed E-state index contributed by atoms with van der Waals surface area (Å²) in [4.78, 5) is 20.7. The molecule has 0 aliphatic carbocycles. The van der Waals surface area contributed by atoms with E-state index in [9.17, 15) is 5.11 Å². The maximum atomic E-state index is 9.67. The van der Waals surface area contributed by atoms with Gasteiger partial charge in [0.15, 0.2) is 5.65 Å². The second kappa shape index (κ2) is 18.1. The van der Waals surface area contributed by atoms with E-state index in [0.29, 0.717) is 18.1 Å². The Morgan fingerprint density at radius 1 is 0.828 bits per heavy atom. The van der Waals surface area contributed by atoms with Gasteiger partial charge in [0.25, 0.3) is 0 Å². The molecule has 0 unspecified atom stereocenters. The van der Waals surface area contributed by atoms with Crippen LogP contribution in [0.25, 0.3) is 33.9 Å². The van der Waals surface area contributed by atoms with Crippen LogP contribution in [0.2, 0.25) is 0 Å². The molecule has 1 aliphatic heterocycles. The van der Waals surface area contributed by atoms with Crippen LogP contribution in [0.3, 0.4) is 0 Å². The third-order valence-corrected chi connectivity index (χ3v) is 10.5. The minimum Gasteiger partial charge on any atom is -0.496 e. The smallest absolute Gasteiger partial charge is 0.235 e. The highest BCUT2D eigenvalue weighted by molar-refractivity contribution is 5.78. The van der Waals surface area contributed by atoms with Crippen LogP contribution in [0.15, 0.2) is 97.7 Å². The quantitative estimate of drug-likeness (QED) is 0.106. The number of aliphatic hydroxyl groups excluding tert-OH is 1. The summed E-state index contributed by atoms with van der Waals surface area (Å²) in [6, 6.07) is 22.4. The van der Waals surface area contributed by atoms with Gasteiger partial charge in [-0.15, -0.1) is 0 Å². The predicted molar refractivity (Wildman–Crippen MR) is 228 cm³/mol. The van der Waals surface area contributed by atoms with Crippen molar-refractivity contribution in [1.82, 2.24) is 33.6 Å². The first-order valence-electron chi connectivity index (χ1n) is 19.7. The number of imidazole rings is 2. The minimum atomic E-state index is -0.0991. The average molecular weight is 784 g/mol. The van der Waals surface area contributed by atoms with Crippen LogP contribution in [-0.2, 0) is 24.4 Å². The molecule has 4 aromatic heterocycles. The number of anilines is 2. The van der Waals surface area contributed by atoms with Gasteiger partial charge in [0, 0.05) is 78.8 Å². The lowest BCUT2D eigenvalue weighted by atomic mass is 10.0. The van der Waals surface area contributed by atoms with Crippen LogP contribution in [0, 0.1) is 6.92 Å². The molecule has 7 aromatic rings. The molecular formula is C45H53N9O4. The Kier molecular flexibility index (Phi) is 12.5. The molecule has 1 aliphatic rings. The second-order valence-electron chi connectivity index (χ2n) is 15.0. The first kappa shape index (κ1) is 40.2. The van der Waals surface area contributed by atoms with E-state index in [0.717, 1.165) is 95.9 Å².